The highest BCUT2D eigenvalue weighted by atomic mass is 16.5. The van der Waals surface area contributed by atoms with Crippen LogP contribution >= 0.6 is 0 Å². The molecule has 6 heteroatoms. The maximum atomic E-state index is 11.9. The molecule has 3 N–H and O–H groups in total. The molecule has 0 aliphatic rings. The summed E-state index contributed by atoms with van der Waals surface area (Å²) in [5.41, 5.74) is 0.618. The summed E-state index contributed by atoms with van der Waals surface area (Å²) in [5, 5.41) is 9.19. The van der Waals surface area contributed by atoms with Gasteiger partial charge in [0.25, 0.3) is 0 Å². The average Bonchev–Trinajstić information content (AvgIpc) is 2.44. The molecular weight excluding hydrogens is 304 g/mol. The van der Waals surface area contributed by atoms with E-state index >= 15 is 0 Å². The largest absolute Gasteiger partial charge is 0.491 e. The number of carbonyl (C=O) groups excluding carboxylic acids is 1. The zero-order chi connectivity index (χ0) is 18.2. The fourth-order valence-electron chi connectivity index (χ4n) is 1.94. The molecule has 0 aliphatic heterocycles. The minimum atomic E-state index is -0.259. The molecule has 0 atom stereocenters. The van der Waals surface area contributed by atoms with Crippen LogP contribution in [0.5, 0.6) is 5.75 Å². The van der Waals surface area contributed by atoms with E-state index in [0.717, 1.165) is 11.4 Å². The van der Waals surface area contributed by atoms with Gasteiger partial charge in [0.15, 0.2) is 5.96 Å². The van der Waals surface area contributed by atoms with Gasteiger partial charge in [0.1, 0.15) is 12.3 Å². The summed E-state index contributed by atoms with van der Waals surface area (Å²) < 4.78 is 5.62. The molecule has 0 spiro atoms. The second-order valence-corrected chi connectivity index (χ2v) is 6.81. The minimum Gasteiger partial charge on any atom is -0.491 e. The van der Waals surface area contributed by atoms with E-state index in [1.807, 2.05) is 65.8 Å². The lowest BCUT2D eigenvalue weighted by Crippen LogP contribution is -2.42. The fourth-order valence-corrected chi connectivity index (χ4v) is 1.94. The lowest BCUT2D eigenvalue weighted by Gasteiger charge is -2.20. The predicted molar refractivity (Wildman–Crippen MR) is 99.7 cm³/mol. The fraction of sp³-hybridized carbons (Fsp3) is 0.556. The van der Waals surface area contributed by atoms with Crippen LogP contribution in [-0.4, -0.2) is 36.6 Å². The highest BCUT2D eigenvalue weighted by Crippen LogP contribution is 2.16. The maximum Gasteiger partial charge on any atom is 0.242 e. The summed E-state index contributed by atoms with van der Waals surface area (Å²) in [6.07, 6.45) is 0.143. The number of hydrogen-bond acceptors (Lipinski definition) is 3. The van der Waals surface area contributed by atoms with Crippen LogP contribution in [0.25, 0.3) is 0 Å². The highest BCUT2D eigenvalue weighted by Gasteiger charge is 2.13. The van der Waals surface area contributed by atoms with Gasteiger partial charge < -0.3 is 20.7 Å². The second kappa shape index (κ2) is 9.15. The molecule has 1 amide bonds. The van der Waals surface area contributed by atoms with E-state index < -0.39 is 0 Å². The van der Waals surface area contributed by atoms with Crippen molar-refractivity contribution < 1.29 is 9.53 Å². The Hall–Kier alpha value is -2.24. The third-order valence-corrected chi connectivity index (χ3v) is 2.73. The Bertz CT molecular complexity index is 545. The van der Waals surface area contributed by atoms with Crippen LogP contribution in [0.15, 0.2) is 29.3 Å². The maximum absolute atomic E-state index is 11.9. The Morgan fingerprint density at radius 2 is 1.83 bits per heavy atom. The Balaban J connectivity index is 2.68. The zero-order valence-corrected chi connectivity index (χ0v) is 15.6. The van der Waals surface area contributed by atoms with E-state index in [9.17, 15) is 4.79 Å². The van der Waals surface area contributed by atoms with E-state index in [2.05, 4.69) is 20.9 Å². The summed E-state index contributed by atoms with van der Waals surface area (Å²) in [5.74, 6) is 1.28. The van der Waals surface area contributed by atoms with E-state index in [4.69, 9.17) is 4.74 Å². The number of aliphatic imine (C=N–C) groups is 1. The lowest BCUT2D eigenvalue weighted by molar-refractivity contribution is -0.121. The SMILES string of the molecule is CCNC(=NCC(=O)NC(C)(C)C)Nc1ccc(OC(C)C)cc1. The van der Waals surface area contributed by atoms with Crippen LogP contribution in [-0.2, 0) is 4.79 Å². The van der Waals surface area contributed by atoms with Gasteiger partial charge in [0.05, 0.1) is 6.10 Å². The van der Waals surface area contributed by atoms with Gasteiger partial charge in [-0.2, -0.15) is 0 Å². The van der Waals surface area contributed by atoms with Gasteiger partial charge in [-0.15, -0.1) is 0 Å². The standard InChI is InChI=1S/C18H30N4O2/c1-7-19-17(20-12-16(23)22-18(4,5)6)21-14-8-10-15(11-9-14)24-13(2)3/h8-11,13H,7,12H2,1-6H3,(H,22,23)(H2,19,20,21). The van der Waals surface area contributed by atoms with Crippen LogP contribution in [0.4, 0.5) is 5.69 Å². The van der Waals surface area contributed by atoms with Crippen LogP contribution in [0.2, 0.25) is 0 Å². The third-order valence-electron chi connectivity index (χ3n) is 2.73. The number of anilines is 1. The van der Waals surface area contributed by atoms with E-state index in [-0.39, 0.29) is 24.1 Å². The molecule has 0 aromatic heterocycles. The quantitative estimate of drug-likeness (QED) is 0.552. The van der Waals surface area contributed by atoms with Gasteiger partial charge >= 0.3 is 0 Å². The summed E-state index contributed by atoms with van der Waals surface area (Å²) in [6, 6.07) is 7.63. The molecule has 1 rings (SSSR count). The van der Waals surface area contributed by atoms with Crippen LogP contribution < -0.4 is 20.7 Å². The average molecular weight is 334 g/mol. The number of carbonyl (C=O) groups is 1. The molecule has 6 nitrogen and oxygen atoms in total. The zero-order valence-electron chi connectivity index (χ0n) is 15.6. The molecule has 0 unspecified atom stereocenters. The highest BCUT2D eigenvalue weighted by molar-refractivity contribution is 5.95. The number of benzene rings is 1. The Labute approximate surface area is 145 Å². The first-order chi connectivity index (χ1) is 11.2. The van der Waals surface area contributed by atoms with Crippen molar-refractivity contribution in [2.75, 3.05) is 18.4 Å². The van der Waals surface area contributed by atoms with Crippen LogP contribution in [0.3, 0.4) is 0 Å². The molecule has 1 aromatic rings. The number of amides is 1. The third kappa shape index (κ3) is 8.41. The number of rotatable bonds is 6. The normalized spacial score (nSPS) is 12.0. The molecule has 1 aromatic carbocycles. The second-order valence-electron chi connectivity index (χ2n) is 6.81. The number of nitrogens with one attached hydrogen (secondary N) is 3. The van der Waals surface area contributed by atoms with Gasteiger partial charge in [-0.25, -0.2) is 4.99 Å². The summed E-state index contributed by atoms with van der Waals surface area (Å²) in [4.78, 5) is 16.2. The minimum absolute atomic E-state index is 0.0706. The van der Waals surface area contributed by atoms with Crippen molar-refractivity contribution in [3.05, 3.63) is 24.3 Å². The monoisotopic (exact) mass is 334 g/mol. The molecule has 134 valence electrons. The van der Waals surface area contributed by atoms with Gasteiger partial charge in [0, 0.05) is 17.8 Å². The topological polar surface area (TPSA) is 74.8 Å². The Morgan fingerprint density at radius 1 is 1.21 bits per heavy atom. The lowest BCUT2D eigenvalue weighted by atomic mass is 10.1. The predicted octanol–water partition coefficient (Wildman–Crippen LogP) is 2.77. The van der Waals surface area contributed by atoms with Gasteiger partial charge in [-0.3, -0.25) is 4.79 Å². The molecule has 0 saturated carbocycles. The first-order valence-electron chi connectivity index (χ1n) is 8.32. The number of guanidine groups is 1. The van der Waals surface area contributed by atoms with Gasteiger partial charge in [-0.05, 0) is 65.8 Å². The molecule has 0 aliphatic carbocycles. The summed E-state index contributed by atoms with van der Waals surface area (Å²) in [6.45, 7) is 12.6. The first kappa shape index (κ1) is 19.8. The van der Waals surface area contributed by atoms with Crippen molar-refractivity contribution >= 4 is 17.6 Å². The smallest absolute Gasteiger partial charge is 0.242 e. The van der Waals surface area contributed by atoms with Crippen molar-refractivity contribution in [2.45, 2.75) is 53.2 Å². The van der Waals surface area contributed by atoms with Gasteiger partial charge in [0.2, 0.25) is 5.91 Å². The van der Waals surface area contributed by atoms with E-state index in [0.29, 0.717) is 12.5 Å². The van der Waals surface area contributed by atoms with Gasteiger partial charge in [-0.1, -0.05) is 0 Å². The van der Waals surface area contributed by atoms with Crippen molar-refractivity contribution in [1.82, 2.24) is 10.6 Å². The van der Waals surface area contributed by atoms with Crippen LogP contribution in [0, 0.1) is 0 Å². The number of ether oxygens (including phenoxy) is 1. The summed E-state index contributed by atoms with van der Waals surface area (Å²) >= 11 is 0. The van der Waals surface area contributed by atoms with Crippen molar-refractivity contribution in [1.29, 1.82) is 0 Å². The molecule has 0 fully saturated rings. The van der Waals surface area contributed by atoms with E-state index in [1.54, 1.807) is 0 Å². The first-order valence-corrected chi connectivity index (χ1v) is 8.32. The van der Waals surface area contributed by atoms with Crippen molar-refractivity contribution in [3.8, 4) is 5.75 Å². The molecule has 0 saturated heterocycles. The van der Waals surface area contributed by atoms with Crippen LogP contribution in [0.1, 0.15) is 41.5 Å². The van der Waals surface area contributed by atoms with E-state index in [1.165, 1.54) is 0 Å². The number of hydrogen-bond donors (Lipinski definition) is 3. The van der Waals surface area contributed by atoms with Crippen molar-refractivity contribution in [3.63, 3.8) is 0 Å². The molecule has 0 heterocycles. The summed E-state index contributed by atoms with van der Waals surface area (Å²) in [7, 11) is 0. The Morgan fingerprint density at radius 3 is 2.33 bits per heavy atom. The van der Waals surface area contributed by atoms with Crippen molar-refractivity contribution in [2.24, 2.45) is 4.99 Å². The molecule has 0 bridgehead atoms. The Kier molecular flexibility index (Phi) is 7.55. The number of nitrogens with zero attached hydrogens (tertiary/aromatic N) is 1. The molecular formula is C18H30N4O2. The molecule has 0 radical (unpaired) electrons. The molecule has 24 heavy (non-hydrogen) atoms.